The normalized spacial score (nSPS) is 10.4. The third kappa shape index (κ3) is 3.85. The van der Waals surface area contributed by atoms with E-state index in [-0.39, 0.29) is 11.8 Å². The molecular formula is C15H19N3O2. The Kier molecular flexibility index (Phi) is 4.76. The van der Waals surface area contributed by atoms with E-state index >= 15 is 0 Å². The van der Waals surface area contributed by atoms with Crippen LogP contribution in [0.25, 0.3) is 10.9 Å². The lowest BCUT2D eigenvalue weighted by Crippen LogP contribution is -2.37. The van der Waals surface area contributed by atoms with Gasteiger partial charge in [-0.2, -0.15) is 0 Å². The molecule has 0 aliphatic rings. The van der Waals surface area contributed by atoms with Gasteiger partial charge in [-0.1, -0.05) is 18.2 Å². The van der Waals surface area contributed by atoms with E-state index in [4.69, 9.17) is 0 Å². The van der Waals surface area contributed by atoms with Crippen LogP contribution in [0.5, 0.6) is 0 Å². The summed E-state index contributed by atoms with van der Waals surface area (Å²) >= 11 is 0. The summed E-state index contributed by atoms with van der Waals surface area (Å²) in [5, 5.41) is 6.62. The summed E-state index contributed by atoms with van der Waals surface area (Å²) in [6.45, 7) is 2.46. The molecule has 0 unspecified atom stereocenters. The molecule has 0 saturated heterocycles. The van der Waals surface area contributed by atoms with Crippen LogP contribution < -0.4 is 10.6 Å². The van der Waals surface area contributed by atoms with Gasteiger partial charge >= 0.3 is 6.03 Å². The van der Waals surface area contributed by atoms with Gasteiger partial charge in [-0.15, -0.1) is 0 Å². The average molecular weight is 273 g/mol. The van der Waals surface area contributed by atoms with E-state index in [0.717, 1.165) is 11.9 Å². The number of carbonyl (C=O) groups is 2. The van der Waals surface area contributed by atoms with E-state index in [0.29, 0.717) is 19.5 Å². The van der Waals surface area contributed by atoms with E-state index in [1.807, 2.05) is 24.4 Å². The van der Waals surface area contributed by atoms with Crippen molar-refractivity contribution in [3.63, 3.8) is 0 Å². The minimum Gasteiger partial charge on any atom is -0.361 e. The number of aromatic amines is 1. The number of carbonyl (C=O) groups excluding carboxylic acids is 2. The van der Waals surface area contributed by atoms with Crippen molar-refractivity contribution < 1.29 is 9.59 Å². The number of urea groups is 1. The van der Waals surface area contributed by atoms with Crippen molar-refractivity contribution in [2.45, 2.75) is 19.8 Å². The SMILES string of the molecule is CC(=O)CCNC(=O)NCCc1c[nH]c2ccccc12. The molecular weight excluding hydrogens is 254 g/mol. The largest absolute Gasteiger partial charge is 0.361 e. The molecule has 5 heteroatoms. The summed E-state index contributed by atoms with van der Waals surface area (Å²) in [6.07, 6.45) is 3.11. The lowest BCUT2D eigenvalue weighted by molar-refractivity contribution is -0.116. The standard InChI is InChI=1S/C15H19N3O2/c1-11(19)6-8-16-15(20)17-9-7-12-10-18-14-5-3-2-4-13(12)14/h2-5,10,18H,6-9H2,1H3,(H2,16,17,20). The zero-order valence-electron chi connectivity index (χ0n) is 11.5. The van der Waals surface area contributed by atoms with Gasteiger partial charge in [-0.05, 0) is 25.0 Å². The number of fused-ring (bicyclic) bond motifs is 1. The number of hydrogen-bond acceptors (Lipinski definition) is 2. The quantitative estimate of drug-likeness (QED) is 0.753. The highest BCUT2D eigenvalue weighted by Gasteiger charge is 2.04. The number of benzene rings is 1. The number of H-pyrrole nitrogens is 1. The lowest BCUT2D eigenvalue weighted by atomic mass is 10.1. The minimum atomic E-state index is -0.230. The van der Waals surface area contributed by atoms with Crippen molar-refractivity contribution in [1.82, 2.24) is 15.6 Å². The van der Waals surface area contributed by atoms with E-state index in [9.17, 15) is 9.59 Å². The number of aromatic nitrogens is 1. The first kappa shape index (κ1) is 14.1. The molecule has 5 nitrogen and oxygen atoms in total. The van der Waals surface area contributed by atoms with Crippen LogP contribution in [0, 0.1) is 0 Å². The first-order valence-electron chi connectivity index (χ1n) is 6.73. The topological polar surface area (TPSA) is 74.0 Å². The fourth-order valence-corrected chi connectivity index (χ4v) is 2.06. The van der Waals surface area contributed by atoms with Gasteiger partial charge in [0.2, 0.25) is 0 Å². The van der Waals surface area contributed by atoms with Gasteiger partial charge in [0.15, 0.2) is 0 Å². The van der Waals surface area contributed by atoms with E-state index in [1.54, 1.807) is 0 Å². The number of Topliss-reactive ketones (excluding diaryl/α,β-unsaturated/α-hetero) is 1. The Morgan fingerprint density at radius 2 is 1.90 bits per heavy atom. The van der Waals surface area contributed by atoms with Crippen molar-refractivity contribution in [3.8, 4) is 0 Å². The zero-order valence-corrected chi connectivity index (χ0v) is 11.5. The Balaban J connectivity index is 1.75. The molecule has 0 bridgehead atoms. The smallest absolute Gasteiger partial charge is 0.314 e. The van der Waals surface area contributed by atoms with Crippen LogP contribution in [0.1, 0.15) is 18.9 Å². The highest BCUT2D eigenvalue weighted by molar-refractivity contribution is 5.83. The zero-order chi connectivity index (χ0) is 14.4. The average Bonchev–Trinajstić information content (AvgIpc) is 2.82. The highest BCUT2D eigenvalue weighted by atomic mass is 16.2. The molecule has 1 aromatic carbocycles. The number of nitrogens with one attached hydrogen (secondary N) is 3. The maximum Gasteiger partial charge on any atom is 0.314 e. The van der Waals surface area contributed by atoms with E-state index in [2.05, 4.69) is 21.7 Å². The van der Waals surface area contributed by atoms with Gasteiger partial charge in [0.25, 0.3) is 0 Å². The number of para-hydroxylation sites is 1. The molecule has 2 rings (SSSR count). The van der Waals surface area contributed by atoms with Gasteiger partial charge in [-0.25, -0.2) is 4.79 Å². The second kappa shape index (κ2) is 6.75. The van der Waals surface area contributed by atoms with Crippen LogP contribution >= 0.6 is 0 Å². The van der Waals surface area contributed by atoms with Gasteiger partial charge in [0.1, 0.15) is 5.78 Å². The van der Waals surface area contributed by atoms with Crippen LogP contribution in [0.4, 0.5) is 4.79 Å². The van der Waals surface area contributed by atoms with E-state index < -0.39 is 0 Å². The van der Waals surface area contributed by atoms with Crippen molar-refractivity contribution in [2.24, 2.45) is 0 Å². The van der Waals surface area contributed by atoms with Gasteiger partial charge in [0.05, 0.1) is 0 Å². The van der Waals surface area contributed by atoms with Crippen molar-refractivity contribution in [3.05, 3.63) is 36.0 Å². The third-order valence-electron chi connectivity index (χ3n) is 3.12. The Bertz CT molecular complexity index is 604. The second-order valence-electron chi connectivity index (χ2n) is 4.74. The van der Waals surface area contributed by atoms with Crippen molar-refractivity contribution in [2.75, 3.05) is 13.1 Å². The third-order valence-corrected chi connectivity index (χ3v) is 3.12. The summed E-state index contributed by atoms with van der Waals surface area (Å²) < 4.78 is 0. The van der Waals surface area contributed by atoms with Crippen LogP contribution in [-0.2, 0) is 11.2 Å². The first-order chi connectivity index (χ1) is 9.66. The van der Waals surface area contributed by atoms with Crippen LogP contribution in [-0.4, -0.2) is 29.9 Å². The number of ketones is 1. The van der Waals surface area contributed by atoms with Gasteiger partial charge in [0, 0.05) is 36.6 Å². The molecule has 0 radical (unpaired) electrons. The Morgan fingerprint density at radius 3 is 2.70 bits per heavy atom. The summed E-state index contributed by atoms with van der Waals surface area (Å²) in [5.41, 5.74) is 2.29. The molecule has 3 N–H and O–H groups in total. The van der Waals surface area contributed by atoms with Crippen molar-refractivity contribution >= 4 is 22.7 Å². The summed E-state index contributed by atoms with van der Waals surface area (Å²) in [7, 11) is 0. The summed E-state index contributed by atoms with van der Waals surface area (Å²) in [4.78, 5) is 25.4. The highest BCUT2D eigenvalue weighted by Crippen LogP contribution is 2.17. The molecule has 0 aliphatic carbocycles. The maximum absolute atomic E-state index is 11.5. The first-order valence-corrected chi connectivity index (χ1v) is 6.73. The van der Waals surface area contributed by atoms with Crippen LogP contribution in [0.15, 0.2) is 30.5 Å². The number of amides is 2. The molecule has 20 heavy (non-hydrogen) atoms. The van der Waals surface area contributed by atoms with Gasteiger partial charge < -0.3 is 15.6 Å². The molecule has 0 spiro atoms. The molecule has 0 atom stereocenters. The minimum absolute atomic E-state index is 0.0732. The Morgan fingerprint density at radius 1 is 1.15 bits per heavy atom. The summed E-state index contributed by atoms with van der Waals surface area (Å²) in [5.74, 6) is 0.0732. The van der Waals surface area contributed by atoms with Gasteiger partial charge in [-0.3, -0.25) is 4.79 Å². The maximum atomic E-state index is 11.5. The number of rotatable bonds is 6. The fraction of sp³-hybridized carbons (Fsp3) is 0.333. The predicted octanol–water partition coefficient (Wildman–Crippen LogP) is 1.99. The lowest BCUT2D eigenvalue weighted by Gasteiger charge is -2.06. The van der Waals surface area contributed by atoms with Crippen LogP contribution in [0.3, 0.4) is 0 Å². The predicted molar refractivity (Wildman–Crippen MR) is 78.7 cm³/mol. The molecule has 0 aliphatic heterocycles. The van der Waals surface area contributed by atoms with Crippen LogP contribution in [0.2, 0.25) is 0 Å². The Labute approximate surface area is 117 Å². The molecule has 1 aromatic heterocycles. The summed E-state index contributed by atoms with van der Waals surface area (Å²) in [6, 6.07) is 7.85. The fourth-order valence-electron chi connectivity index (χ4n) is 2.06. The second-order valence-corrected chi connectivity index (χ2v) is 4.74. The van der Waals surface area contributed by atoms with E-state index in [1.165, 1.54) is 17.9 Å². The molecule has 2 amide bonds. The molecule has 0 fully saturated rings. The Hall–Kier alpha value is -2.30. The van der Waals surface area contributed by atoms with Crippen molar-refractivity contribution in [1.29, 1.82) is 0 Å². The monoisotopic (exact) mass is 273 g/mol. The molecule has 0 saturated carbocycles. The number of hydrogen-bond donors (Lipinski definition) is 3. The molecule has 106 valence electrons. The molecule has 1 heterocycles. The molecule has 2 aromatic rings.